The number of rotatable bonds is 3. The van der Waals surface area contributed by atoms with E-state index < -0.39 is 0 Å². The highest BCUT2D eigenvalue weighted by molar-refractivity contribution is 6.30. The zero-order valence-electron chi connectivity index (χ0n) is 12.0. The van der Waals surface area contributed by atoms with Crippen molar-refractivity contribution in [3.05, 3.63) is 29.3 Å². The molecule has 0 spiro atoms. The van der Waals surface area contributed by atoms with E-state index in [1.807, 2.05) is 12.1 Å². The van der Waals surface area contributed by atoms with E-state index in [0.29, 0.717) is 5.54 Å². The molecule has 1 aromatic rings. The van der Waals surface area contributed by atoms with E-state index in [1.165, 1.54) is 31.4 Å². The number of hydrogen-bond acceptors (Lipinski definition) is 3. The summed E-state index contributed by atoms with van der Waals surface area (Å²) < 4.78 is 0. The average Bonchev–Trinajstić information content (AvgIpc) is 2.98. The van der Waals surface area contributed by atoms with Gasteiger partial charge in [-0.05, 0) is 31.0 Å². The lowest BCUT2D eigenvalue weighted by Gasteiger charge is -2.46. The van der Waals surface area contributed by atoms with Crippen LogP contribution in [0, 0.1) is 0 Å². The molecule has 2 N–H and O–H groups in total. The van der Waals surface area contributed by atoms with Gasteiger partial charge in [-0.1, -0.05) is 30.5 Å². The molecular formula is C16H24ClN3. The molecule has 1 aliphatic heterocycles. The first kappa shape index (κ1) is 14.2. The molecule has 1 saturated carbocycles. The molecule has 3 rings (SSSR count). The van der Waals surface area contributed by atoms with Gasteiger partial charge in [-0.2, -0.15) is 0 Å². The summed E-state index contributed by atoms with van der Waals surface area (Å²) in [7, 11) is 0. The van der Waals surface area contributed by atoms with Crippen LogP contribution in [0.4, 0.5) is 5.69 Å². The van der Waals surface area contributed by atoms with Crippen molar-refractivity contribution in [2.45, 2.75) is 31.2 Å². The fourth-order valence-electron chi connectivity index (χ4n) is 3.79. The van der Waals surface area contributed by atoms with Crippen LogP contribution in [0.25, 0.3) is 0 Å². The Hall–Kier alpha value is -0.770. The van der Waals surface area contributed by atoms with Crippen molar-refractivity contribution in [1.29, 1.82) is 0 Å². The van der Waals surface area contributed by atoms with Gasteiger partial charge in [0.15, 0.2) is 0 Å². The topological polar surface area (TPSA) is 32.5 Å². The monoisotopic (exact) mass is 293 g/mol. The normalized spacial score (nSPS) is 23.2. The van der Waals surface area contributed by atoms with Gasteiger partial charge in [-0.15, -0.1) is 0 Å². The lowest BCUT2D eigenvalue weighted by atomic mass is 9.94. The number of nitrogens with two attached hydrogens (primary N) is 1. The van der Waals surface area contributed by atoms with E-state index in [0.717, 1.165) is 37.7 Å². The molecule has 110 valence electrons. The van der Waals surface area contributed by atoms with Gasteiger partial charge in [0, 0.05) is 49.0 Å². The van der Waals surface area contributed by atoms with Gasteiger partial charge < -0.3 is 10.6 Å². The van der Waals surface area contributed by atoms with Crippen LogP contribution in [0.2, 0.25) is 5.02 Å². The Morgan fingerprint density at radius 3 is 2.40 bits per heavy atom. The SMILES string of the molecule is NCC1(N2CCN(c3cccc(Cl)c3)CC2)CCCC1. The third-order valence-corrected chi connectivity index (χ3v) is 5.27. The molecule has 2 aliphatic rings. The van der Waals surface area contributed by atoms with Crippen molar-refractivity contribution in [3.63, 3.8) is 0 Å². The molecule has 0 aromatic heterocycles. The largest absolute Gasteiger partial charge is 0.369 e. The Morgan fingerprint density at radius 1 is 1.10 bits per heavy atom. The van der Waals surface area contributed by atoms with Crippen molar-refractivity contribution in [2.75, 3.05) is 37.6 Å². The van der Waals surface area contributed by atoms with Crippen molar-refractivity contribution < 1.29 is 0 Å². The van der Waals surface area contributed by atoms with Crippen LogP contribution < -0.4 is 10.6 Å². The van der Waals surface area contributed by atoms with Gasteiger partial charge >= 0.3 is 0 Å². The number of hydrogen-bond donors (Lipinski definition) is 1. The third kappa shape index (κ3) is 2.67. The molecule has 1 saturated heterocycles. The van der Waals surface area contributed by atoms with Gasteiger partial charge in [0.1, 0.15) is 0 Å². The van der Waals surface area contributed by atoms with E-state index in [2.05, 4.69) is 21.9 Å². The molecule has 0 amide bonds. The van der Waals surface area contributed by atoms with Crippen molar-refractivity contribution >= 4 is 17.3 Å². The first-order valence-electron chi connectivity index (χ1n) is 7.69. The number of benzene rings is 1. The van der Waals surface area contributed by atoms with E-state index in [9.17, 15) is 0 Å². The molecular weight excluding hydrogens is 270 g/mol. The molecule has 1 heterocycles. The Bertz CT molecular complexity index is 449. The zero-order valence-corrected chi connectivity index (χ0v) is 12.8. The average molecular weight is 294 g/mol. The maximum atomic E-state index is 6.09. The molecule has 0 atom stereocenters. The molecule has 20 heavy (non-hydrogen) atoms. The van der Waals surface area contributed by atoms with Crippen molar-refractivity contribution in [1.82, 2.24) is 4.90 Å². The maximum Gasteiger partial charge on any atom is 0.0426 e. The van der Waals surface area contributed by atoms with E-state index in [-0.39, 0.29) is 0 Å². The number of piperazine rings is 1. The number of halogens is 1. The summed E-state index contributed by atoms with van der Waals surface area (Å²) in [5, 5.41) is 0.819. The molecule has 2 fully saturated rings. The Kier molecular flexibility index (Phi) is 4.20. The van der Waals surface area contributed by atoms with Crippen LogP contribution in [-0.2, 0) is 0 Å². The van der Waals surface area contributed by atoms with E-state index in [4.69, 9.17) is 17.3 Å². The Morgan fingerprint density at radius 2 is 1.80 bits per heavy atom. The van der Waals surface area contributed by atoms with Gasteiger partial charge in [-0.25, -0.2) is 0 Å². The molecule has 3 nitrogen and oxygen atoms in total. The summed E-state index contributed by atoms with van der Waals surface area (Å²) in [5.74, 6) is 0. The maximum absolute atomic E-state index is 6.09. The fourth-order valence-corrected chi connectivity index (χ4v) is 3.98. The molecule has 4 heteroatoms. The molecule has 1 aliphatic carbocycles. The lowest BCUT2D eigenvalue weighted by molar-refractivity contribution is 0.0921. The second kappa shape index (κ2) is 5.92. The van der Waals surface area contributed by atoms with E-state index in [1.54, 1.807) is 0 Å². The number of anilines is 1. The molecule has 0 radical (unpaired) electrons. The zero-order chi connectivity index (χ0) is 14.0. The summed E-state index contributed by atoms with van der Waals surface area (Å²) in [6.07, 6.45) is 5.23. The van der Waals surface area contributed by atoms with Gasteiger partial charge in [0.2, 0.25) is 0 Å². The first-order valence-corrected chi connectivity index (χ1v) is 8.07. The van der Waals surface area contributed by atoms with Gasteiger partial charge in [0.05, 0.1) is 0 Å². The predicted molar refractivity (Wildman–Crippen MR) is 85.5 cm³/mol. The fraction of sp³-hybridized carbons (Fsp3) is 0.625. The summed E-state index contributed by atoms with van der Waals surface area (Å²) >= 11 is 6.09. The Labute approximate surface area is 126 Å². The highest BCUT2D eigenvalue weighted by Crippen LogP contribution is 2.35. The van der Waals surface area contributed by atoms with Gasteiger partial charge in [-0.3, -0.25) is 4.90 Å². The molecule has 0 bridgehead atoms. The van der Waals surface area contributed by atoms with Crippen LogP contribution in [0.1, 0.15) is 25.7 Å². The second-order valence-corrected chi connectivity index (χ2v) is 6.53. The summed E-state index contributed by atoms with van der Waals surface area (Å²) in [4.78, 5) is 5.07. The minimum absolute atomic E-state index is 0.292. The minimum atomic E-state index is 0.292. The van der Waals surface area contributed by atoms with Crippen LogP contribution in [-0.4, -0.2) is 43.2 Å². The second-order valence-electron chi connectivity index (χ2n) is 6.09. The van der Waals surface area contributed by atoms with E-state index >= 15 is 0 Å². The lowest BCUT2D eigenvalue weighted by Crippen LogP contribution is -2.59. The third-order valence-electron chi connectivity index (χ3n) is 5.04. The number of nitrogens with zero attached hydrogens (tertiary/aromatic N) is 2. The summed E-state index contributed by atoms with van der Waals surface area (Å²) in [5.41, 5.74) is 7.63. The highest BCUT2D eigenvalue weighted by atomic mass is 35.5. The molecule has 1 aromatic carbocycles. The standard InChI is InChI=1S/C16H24ClN3/c17-14-4-3-5-15(12-14)19-8-10-20(11-9-19)16(13-18)6-1-2-7-16/h3-5,12H,1-2,6-11,13,18H2. The summed E-state index contributed by atoms with van der Waals surface area (Å²) in [6, 6.07) is 8.17. The van der Waals surface area contributed by atoms with Crippen molar-refractivity contribution in [3.8, 4) is 0 Å². The first-order chi connectivity index (χ1) is 9.73. The van der Waals surface area contributed by atoms with Gasteiger partial charge in [0.25, 0.3) is 0 Å². The van der Waals surface area contributed by atoms with Crippen molar-refractivity contribution in [2.24, 2.45) is 5.73 Å². The van der Waals surface area contributed by atoms with Crippen LogP contribution >= 0.6 is 11.6 Å². The summed E-state index contributed by atoms with van der Waals surface area (Å²) in [6.45, 7) is 5.18. The minimum Gasteiger partial charge on any atom is -0.369 e. The molecule has 0 unspecified atom stereocenters. The smallest absolute Gasteiger partial charge is 0.0426 e. The predicted octanol–water partition coefficient (Wildman–Crippen LogP) is 2.73. The van der Waals surface area contributed by atoms with Crippen LogP contribution in [0.15, 0.2) is 24.3 Å². The highest BCUT2D eigenvalue weighted by Gasteiger charge is 2.39. The Balaban J connectivity index is 1.65. The van der Waals surface area contributed by atoms with Crippen LogP contribution in [0.3, 0.4) is 0 Å². The quantitative estimate of drug-likeness (QED) is 0.930. The van der Waals surface area contributed by atoms with Crippen LogP contribution in [0.5, 0.6) is 0 Å².